The third-order valence-corrected chi connectivity index (χ3v) is 5.52. The van der Waals surface area contributed by atoms with E-state index in [1.54, 1.807) is 6.07 Å². The first-order valence-electron chi connectivity index (χ1n) is 8.05. The largest absolute Gasteiger partial charge is 0.493 e. The molecule has 2 rings (SSSR count). The Hall–Kier alpha value is -2.16. The van der Waals surface area contributed by atoms with Crippen LogP contribution in [-0.2, 0) is 14.8 Å². The van der Waals surface area contributed by atoms with Gasteiger partial charge in [0.1, 0.15) is 6.04 Å². The van der Waals surface area contributed by atoms with Gasteiger partial charge in [-0.05, 0) is 37.3 Å². The van der Waals surface area contributed by atoms with E-state index in [2.05, 4.69) is 5.32 Å². The van der Waals surface area contributed by atoms with Crippen LogP contribution in [0.3, 0.4) is 0 Å². The highest BCUT2D eigenvalue weighted by molar-refractivity contribution is 7.92. The Bertz CT molecular complexity index is 962. The molecule has 0 bridgehead atoms. The van der Waals surface area contributed by atoms with Crippen molar-refractivity contribution in [1.29, 1.82) is 0 Å². The van der Waals surface area contributed by atoms with Crippen molar-refractivity contribution >= 4 is 50.5 Å². The summed E-state index contributed by atoms with van der Waals surface area (Å²) in [7, 11) is -0.885. The molecule has 0 spiro atoms. The summed E-state index contributed by atoms with van der Waals surface area (Å²) in [5.41, 5.74) is 0.613. The van der Waals surface area contributed by atoms with E-state index in [0.717, 1.165) is 10.6 Å². The van der Waals surface area contributed by atoms with Crippen LogP contribution in [0.2, 0.25) is 10.0 Å². The predicted octanol–water partition coefficient (Wildman–Crippen LogP) is 3.80. The standard InChI is InChI=1S/C18H20Cl2N2O5S/c1-11(18(23)21-14-8-12(19)7-13(20)9-14)22(28(4,24)25)15-5-6-16(26-2)17(10-15)27-3/h5-11H,1-4H3,(H,21,23)/t11-/m0/s1. The number of hydrogen-bond donors (Lipinski definition) is 1. The molecule has 28 heavy (non-hydrogen) atoms. The van der Waals surface area contributed by atoms with Crippen LogP contribution >= 0.6 is 23.2 Å². The Kier molecular flexibility index (Phi) is 7.03. The fraction of sp³-hybridized carbons (Fsp3) is 0.278. The highest BCUT2D eigenvalue weighted by Gasteiger charge is 2.30. The van der Waals surface area contributed by atoms with Crippen LogP contribution in [0.5, 0.6) is 11.5 Å². The van der Waals surface area contributed by atoms with Crippen molar-refractivity contribution in [2.45, 2.75) is 13.0 Å². The number of methoxy groups -OCH3 is 2. The van der Waals surface area contributed by atoms with Crippen molar-refractivity contribution < 1.29 is 22.7 Å². The molecule has 0 heterocycles. The molecular formula is C18H20Cl2N2O5S. The normalized spacial score (nSPS) is 12.2. The van der Waals surface area contributed by atoms with Gasteiger partial charge in [0.15, 0.2) is 11.5 Å². The number of hydrogen-bond acceptors (Lipinski definition) is 5. The van der Waals surface area contributed by atoms with Gasteiger partial charge in [-0.3, -0.25) is 9.10 Å². The van der Waals surface area contributed by atoms with Crippen LogP contribution in [0.4, 0.5) is 11.4 Å². The Morgan fingerprint density at radius 2 is 1.61 bits per heavy atom. The number of carbonyl (C=O) groups is 1. The molecule has 0 aliphatic rings. The summed E-state index contributed by atoms with van der Waals surface area (Å²) in [6.07, 6.45) is 1.02. The molecule has 0 aromatic heterocycles. The van der Waals surface area contributed by atoms with Crippen molar-refractivity contribution in [3.8, 4) is 11.5 Å². The van der Waals surface area contributed by atoms with Crippen molar-refractivity contribution in [3.63, 3.8) is 0 Å². The van der Waals surface area contributed by atoms with Crippen LogP contribution in [0.15, 0.2) is 36.4 Å². The number of sulfonamides is 1. The molecule has 152 valence electrons. The summed E-state index contributed by atoms with van der Waals surface area (Å²) in [6, 6.07) is 8.06. The molecule has 0 radical (unpaired) electrons. The van der Waals surface area contributed by atoms with Gasteiger partial charge in [0, 0.05) is 21.8 Å². The number of ether oxygens (including phenoxy) is 2. The quantitative estimate of drug-likeness (QED) is 0.698. The molecule has 0 saturated heterocycles. The number of benzene rings is 2. The molecule has 2 aromatic rings. The lowest BCUT2D eigenvalue weighted by Crippen LogP contribution is -2.45. The molecular weight excluding hydrogens is 427 g/mol. The minimum absolute atomic E-state index is 0.256. The lowest BCUT2D eigenvalue weighted by Gasteiger charge is -2.28. The van der Waals surface area contributed by atoms with Crippen LogP contribution in [0.25, 0.3) is 0 Å². The first kappa shape index (κ1) is 22.1. The number of carbonyl (C=O) groups excluding carboxylic acids is 1. The lowest BCUT2D eigenvalue weighted by atomic mass is 10.2. The van der Waals surface area contributed by atoms with E-state index < -0.39 is 22.0 Å². The summed E-state index contributed by atoms with van der Waals surface area (Å²) in [4.78, 5) is 12.7. The molecule has 1 amide bonds. The van der Waals surface area contributed by atoms with Gasteiger partial charge in [-0.2, -0.15) is 0 Å². The van der Waals surface area contributed by atoms with Crippen molar-refractivity contribution in [3.05, 3.63) is 46.4 Å². The minimum atomic E-state index is -3.79. The number of nitrogens with one attached hydrogen (secondary N) is 1. The Morgan fingerprint density at radius 1 is 1.04 bits per heavy atom. The lowest BCUT2D eigenvalue weighted by molar-refractivity contribution is -0.116. The second kappa shape index (κ2) is 8.89. The summed E-state index contributed by atoms with van der Waals surface area (Å²) in [5, 5.41) is 3.31. The fourth-order valence-electron chi connectivity index (χ4n) is 2.64. The van der Waals surface area contributed by atoms with E-state index in [1.165, 1.54) is 51.5 Å². The second-order valence-electron chi connectivity index (χ2n) is 5.92. The highest BCUT2D eigenvalue weighted by Crippen LogP contribution is 2.33. The van der Waals surface area contributed by atoms with E-state index in [9.17, 15) is 13.2 Å². The van der Waals surface area contributed by atoms with Crippen molar-refractivity contribution in [1.82, 2.24) is 0 Å². The fourth-order valence-corrected chi connectivity index (χ4v) is 4.34. The molecule has 0 aliphatic carbocycles. The van der Waals surface area contributed by atoms with Gasteiger partial charge in [0.05, 0.1) is 26.2 Å². The molecule has 0 fully saturated rings. The maximum Gasteiger partial charge on any atom is 0.247 e. The van der Waals surface area contributed by atoms with E-state index in [-0.39, 0.29) is 5.69 Å². The smallest absolute Gasteiger partial charge is 0.247 e. The predicted molar refractivity (Wildman–Crippen MR) is 111 cm³/mol. The monoisotopic (exact) mass is 446 g/mol. The first-order chi connectivity index (χ1) is 13.1. The van der Waals surface area contributed by atoms with E-state index in [1.807, 2.05) is 0 Å². The van der Waals surface area contributed by atoms with Gasteiger partial charge in [-0.25, -0.2) is 8.42 Å². The average molecular weight is 447 g/mol. The SMILES string of the molecule is COc1ccc(N([C@@H](C)C(=O)Nc2cc(Cl)cc(Cl)c2)S(C)(=O)=O)cc1OC. The first-order valence-corrected chi connectivity index (χ1v) is 10.7. The van der Waals surface area contributed by atoms with Crippen molar-refractivity contribution in [2.75, 3.05) is 30.1 Å². The maximum atomic E-state index is 12.7. The molecule has 0 unspecified atom stereocenters. The van der Waals surface area contributed by atoms with Crippen LogP contribution in [-0.4, -0.2) is 40.8 Å². The maximum absolute atomic E-state index is 12.7. The zero-order chi connectivity index (χ0) is 21.1. The molecule has 1 atom stereocenters. The number of amides is 1. The second-order valence-corrected chi connectivity index (χ2v) is 8.65. The van der Waals surface area contributed by atoms with Gasteiger partial charge in [-0.1, -0.05) is 23.2 Å². The van der Waals surface area contributed by atoms with Crippen LogP contribution < -0.4 is 19.1 Å². The van der Waals surface area contributed by atoms with E-state index in [0.29, 0.717) is 27.2 Å². The molecule has 2 aromatic carbocycles. The average Bonchev–Trinajstić information content (AvgIpc) is 2.59. The third-order valence-electron chi connectivity index (χ3n) is 3.84. The number of anilines is 2. The Balaban J connectivity index is 2.38. The van der Waals surface area contributed by atoms with E-state index >= 15 is 0 Å². The molecule has 0 saturated carbocycles. The van der Waals surface area contributed by atoms with Gasteiger partial charge in [-0.15, -0.1) is 0 Å². The number of rotatable bonds is 7. The van der Waals surface area contributed by atoms with Gasteiger partial charge < -0.3 is 14.8 Å². The molecule has 0 aliphatic heterocycles. The summed E-state index contributed by atoms with van der Waals surface area (Å²) in [6.45, 7) is 1.47. The minimum Gasteiger partial charge on any atom is -0.493 e. The summed E-state index contributed by atoms with van der Waals surface area (Å²) in [5.74, 6) is 0.215. The zero-order valence-electron chi connectivity index (χ0n) is 15.7. The Morgan fingerprint density at radius 3 is 2.11 bits per heavy atom. The summed E-state index contributed by atoms with van der Waals surface area (Å²) < 4.78 is 36.2. The van der Waals surface area contributed by atoms with Gasteiger partial charge >= 0.3 is 0 Å². The van der Waals surface area contributed by atoms with Crippen LogP contribution in [0, 0.1) is 0 Å². The van der Waals surface area contributed by atoms with Gasteiger partial charge in [0.2, 0.25) is 15.9 Å². The molecule has 1 N–H and O–H groups in total. The third kappa shape index (κ3) is 5.21. The Labute approximate surface area is 174 Å². The molecule has 10 heteroatoms. The number of halogens is 2. The highest BCUT2D eigenvalue weighted by atomic mass is 35.5. The van der Waals surface area contributed by atoms with E-state index in [4.69, 9.17) is 32.7 Å². The zero-order valence-corrected chi connectivity index (χ0v) is 18.0. The summed E-state index contributed by atoms with van der Waals surface area (Å²) >= 11 is 11.9. The van der Waals surface area contributed by atoms with Crippen molar-refractivity contribution in [2.24, 2.45) is 0 Å². The van der Waals surface area contributed by atoms with Gasteiger partial charge in [0.25, 0.3) is 0 Å². The van der Waals surface area contributed by atoms with Crippen LogP contribution in [0.1, 0.15) is 6.92 Å². The number of nitrogens with zero attached hydrogens (tertiary/aromatic N) is 1. The topological polar surface area (TPSA) is 84.9 Å². The molecule has 7 nitrogen and oxygen atoms in total.